The molecule has 0 N–H and O–H groups in total. The molecule has 5 nitrogen and oxygen atoms in total. The largest absolute Gasteiger partial charge is 0.489 e. The molecule has 1 fully saturated rings. The molecule has 128 valence electrons. The molecule has 24 heavy (non-hydrogen) atoms. The molecule has 1 saturated heterocycles. The molecule has 1 aliphatic heterocycles. The van der Waals surface area contributed by atoms with Crippen molar-refractivity contribution in [2.45, 2.75) is 25.1 Å². The van der Waals surface area contributed by atoms with Gasteiger partial charge in [0.05, 0.1) is 11.8 Å². The Bertz CT molecular complexity index is 671. The van der Waals surface area contributed by atoms with Gasteiger partial charge < -0.3 is 9.64 Å². The minimum Gasteiger partial charge on any atom is -0.489 e. The van der Waals surface area contributed by atoms with Gasteiger partial charge in [0, 0.05) is 38.3 Å². The van der Waals surface area contributed by atoms with Crippen molar-refractivity contribution in [3.63, 3.8) is 0 Å². The summed E-state index contributed by atoms with van der Waals surface area (Å²) in [5.41, 5.74) is -0.847. The Kier molecular flexibility index (Phi) is 4.75. The van der Waals surface area contributed by atoms with Crippen molar-refractivity contribution in [3.05, 3.63) is 41.4 Å². The number of halogens is 4. The molecule has 2 aromatic rings. The first-order valence-electron chi connectivity index (χ1n) is 7.34. The molecular weight excluding hydrogens is 345 g/mol. The number of hydrogen-bond donors (Lipinski definition) is 0. The van der Waals surface area contributed by atoms with E-state index in [1.54, 1.807) is 18.3 Å². The highest BCUT2D eigenvalue weighted by atomic mass is 35.5. The normalized spacial score (nSPS) is 16.2. The van der Waals surface area contributed by atoms with Crippen LogP contribution in [-0.4, -0.2) is 34.1 Å². The molecule has 0 saturated carbocycles. The van der Waals surface area contributed by atoms with E-state index in [1.807, 2.05) is 4.90 Å². The predicted octanol–water partition coefficient (Wildman–Crippen LogP) is 3.59. The minimum absolute atomic E-state index is 0.0127. The van der Waals surface area contributed by atoms with Gasteiger partial charge in [0.1, 0.15) is 17.0 Å². The van der Waals surface area contributed by atoms with Crippen LogP contribution in [-0.2, 0) is 6.18 Å². The minimum atomic E-state index is -4.42. The maximum absolute atomic E-state index is 12.5. The van der Waals surface area contributed by atoms with Crippen LogP contribution in [0.4, 0.5) is 19.1 Å². The third-order valence-corrected chi connectivity index (χ3v) is 3.92. The first-order valence-corrected chi connectivity index (χ1v) is 7.72. The van der Waals surface area contributed by atoms with Crippen LogP contribution in [0, 0.1) is 0 Å². The van der Waals surface area contributed by atoms with E-state index in [-0.39, 0.29) is 6.10 Å². The van der Waals surface area contributed by atoms with Gasteiger partial charge in [-0.1, -0.05) is 11.6 Å². The maximum atomic E-state index is 12.5. The summed E-state index contributed by atoms with van der Waals surface area (Å²) in [6.07, 6.45) is 0.201. The van der Waals surface area contributed by atoms with Crippen molar-refractivity contribution in [1.29, 1.82) is 0 Å². The zero-order valence-electron chi connectivity index (χ0n) is 12.5. The lowest BCUT2D eigenvalue weighted by Gasteiger charge is -2.32. The quantitative estimate of drug-likeness (QED) is 0.785. The molecular formula is C15H14ClF3N4O. The summed E-state index contributed by atoms with van der Waals surface area (Å²) in [6, 6.07) is 3.41. The van der Waals surface area contributed by atoms with Crippen molar-refractivity contribution < 1.29 is 17.9 Å². The molecule has 3 heterocycles. The molecule has 2 aromatic heterocycles. The van der Waals surface area contributed by atoms with Crippen molar-refractivity contribution in [3.8, 4) is 5.75 Å². The Morgan fingerprint density at radius 1 is 1.04 bits per heavy atom. The van der Waals surface area contributed by atoms with E-state index >= 15 is 0 Å². The van der Waals surface area contributed by atoms with E-state index in [0.29, 0.717) is 42.8 Å². The Morgan fingerprint density at radius 2 is 1.71 bits per heavy atom. The predicted molar refractivity (Wildman–Crippen MR) is 82.1 cm³/mol. The van der Waals surface area contributed by atoms with Crippen LogP contribution < -0.4 is 9.64 Å². The Morgan fingerprint density at radius 3 is 2.25 bits per heavy atom. The zero-order chi connectivity index (χ0) is 17.2. The standard InChI is InChI=1S/C15H14ClF3N4O/c16-13-2-1-12(9-20-13)24-11-3-5-23(6-4-11)14-21-7-10(8-22-14)15(17,18)19/h1-2,7-9,11H,3-6H2. The summed E-state index contributed by atoms with van der Waals surface area (Å²) in [5.74, 6) is 0.943. The second kappa shape index (κ2) is 6.80. The molecule has 1 aliphatic rings. The van der Waals surface area contributed by atoms with E-state index in [2.05, 4.69) is 15.0 Å². The number of anilines is 1. The summed E-state index contributed by atoms with van der Waals surface area (Å²) >= 11 is 5.72. The molecule has 0 bridgehead atoms. The number of rotatable bonds is 3. The fourth-order valence-electron chi connectivity index (χ4n) is 2.43. The number of piperidine rings is 1. The SMILES string of the molecule is FC(F)(F)c1cnc(N2CCC(Oc3ccc(Cl)nc3)CC2)nc1. The third-order valence-electron chi connectivity index (χ3n) is 3.69. The molecule has 0 amide bonds. The monoisotopic (exact) mass is 358 g/mol. The molecule has 0 aromatic carbocycles. The molecule has 9 heteroatoms. The first kappa shape index (κ1) is 16.8. The molecule has 0 atom stereocenters. The van der Waals surface area contributed by atoms with E-state index < -0.39 is 11.7 Å². The van der Waals surface area contributed by atoms with Crippen molar-refractivity contribution in [1.82, 2.24) is 15.0 Å². The molecule has 3 rings (SSSR count). The smallest absolute Gasteiger partial charge is 0.419 e. The summed E-state index contributed by atoms with van der Waals surface area (Å²) in [6.45, 7) is 1.22. The van der Waals surface area contributed by atoms with Gasteiger partial charge >= 0.3 is 6.18 Å². The van der Waals surface area contributed by atoms with Gasteiger partial charge in [-0.3, -0.25) is 0 Å². The van der Waals surface area contributed by atoms with E-state index in [0.717, 1.165) is 12.4 Å². The van der Waals surface area contributed by atoms with Crippen LogP contribution in [0.3, 0.4) is 0 Å². The second-order valence-electron chi connectivity index (χ2n) is 5.39. The van der Waals surface area contributed by atoms with Crippen molar-refractivity contribution >= 4 is 17.5 Å². The van der Waals surface area contributed by atoms with Crippen molar-refractivity contribution in [2.24, 2.45) is 0 Å². The van der Waals surface area contributed by atoms with Crippen LogP contribution in [0.5, 0.6) is 5.75 Å². The van der Waals surface area contributed by atoms with Crippen LogP contribution in [0.1, 0.15) is 18.4 Å². The fourth-order valence-corrected chi connectivity index (χ4v) is 2.54. The lowest BCUT2D eigenvalue weighted by Crippen LogP contribution is -2.39. The van der Waals surface area contributed by atoms with E-state index in [9.17, 15) is 13.2 Å². The number of nitrogens with zero attached hydrogens (tertiary/aromatic N) is 4. The van der Waals surface area contributed by atoms with Gasteiger partial charge in [0.15, 0.2) is 0 Å². The fraction of sp³-hybridized carbons (Fsp3) is 0.400. The summed E-state index contributed by atoms with van der Waals surface area (Å²) in [5, 5.41) is 0.400. The number of pyridine rings is 1. The first-order chi connectivity index (χ1) is 11.4. The van der Waals surface area contributed by atoms with Gasteiger partial charge in [-0.15, -0.1) is 0 Å². The lowest BCUT2D eigenvalue weighted by molar-refractivity contribution is -0.138. The number of hydrogen-bond acceptors (Lipinski definition) is 5. The van der Waals surface area contributed by atoms with Crippen LogP contribution in [0.25, 0.3) is 0 Å². The highest BCUT2D eigenvalue weighted by Gasteiger charge is 2.32. The van der Waals surface area contributed by atoms with E-state index in [1.165, 1.54) is 0 Å². The molecule has 0 unspecified atom stereocenters. The van der Waals surface area contributed by atoms with Crippen LogP contribution >= 0.6 is 11.6 Å². The van der Waals surface area contributed by atoms with Gasteiger partial charge in [-0.2, -0.15) is 13.2 Å². The lowest BCUT2D eigenvalue weighted by atomic mass is 10.1. The highest BCUT2D eigenvalue weighted by molar-refractivity contribution is 6.29. The van der Waals surface area contributed by atoms with Gasteiger partial charge in [-0.05, 0) is 12.1 Å². The van der Waals surface area contributed by atoms with E-state index in [4.69, 9.17) is 16.3 Å². The summed E-state index contributed by atoms with van der Waals surface area (Å²) in [4.78, 5) is 13.4. The van der Waals surface area contributed by atoms with Crippen molar-refractivity contribution in [2.75, 3.05) is 18.0 Å². The third kappa shape index (κ3) is 4.05. The Balaban J connectivity index is 1.56. The number of aromatic nitrogens is 3. The maximum Gasteiger partial charge on any atom is 0.419 e. The van der Waals surface area contributed by atoms with Crippen LogP contribution in [0.2, 0.25) is 5.15 Å². The van der Waals surface area contributed by atoms with Gasteiger partial charge in [0.2, 0.25) is 5.95 Å². The van der Waals surface area contributed by atoms with Gasteiger partial charge in [-0.25, -0.2) is 15.0 Å². The average molecular weight is 359 g/mol. The molecule has 0 radical (unpaired) electrons. The number of ether oxygens (including phenoxy) is 1. The van der Waals surface area contributed by atoms with Gasteiger partial charge in [0.25, 0.3) is 0 Å². The summed E-state index contributed by atoms with van der Waals surface area (Å²) in [7, 11) is 0. The summed E-state index contributed by atoms with van der Waals surface area (Å²) < 4.78 is 43.4. The molecule has 0 spiro atoms. The topological polar surface area (TPSA) is 51.1 Å². The average Bonchev–Trinajstić information content (AvgIpc) is 2.57. The second-order valence-corrected chi connectivity index (χ2v) is 5.78. The number of alkyl halides is 3. The van der Waals surface area contributed by atoms with Crippen LogP contribution in [0.15, 0.2) is 30.7 Å². The zero-order valence-corrected chi connectivity index (χ0v) is 13.3. The molecule has 0 aliphatic carbocycles. The Hall–Kier alpha value is -2.09. The highest BCUT2D eigenvalue weighted by Crippen LogP contribution is 2.29. The Labute approximate surface area is 141 Å².